The van der Waals surface area contributed by atoms with Gasteiger partial charge in [0.05, 0.1) is 0 Å². The van der Waals surface area contributed by atoms with Crippen LogP contribution in [0.15, 0.2) is 35.1 Å². The Labute approximate surface area is 51.8 Å². The van der Waals surface area contributed by atoms with Crippen molar-refractivity contribution in [3.8, 4) is 0 Å². The van der Waals surface area contributed by atoms with Crippen molar-refractivity contribution in [2.24, 2.45) is 0 Å². The van der Waals surface area contributed by atoms with Gasteiger partial charge in [-0.1, -0.05) is 18.2 Å². The third-order valence-electron chi connectivity index (χ3n) is 0.948. The van der Waals surface area contributed by atoms with Crippen molar-refractivity contribution in [2.45, 2.75) is 0 Å². The van der Waals surface area contributed by atoms with Crippen molar-refractivity contribution in [1.82, 2.24) is 0 Å². The molecule has 0 spiro atoms. The first-order chi connectivity index (χ1) is 4.30. The van der Waals surface area contributed by atoms with Crippen LogP contribution in [0.4, 0.5) is 4.39 Å². The summed E-state index contributed by atoms with van der Waals surface area (Å²) < 4.78 is 12.2. The summed E-state index contributed by atoms with van der Waals surface area (Å²) in [4.78, 5) is 10.4. The second-order valence-corrected chi connectivity index (χ2v) is 1.62. The lowest BCUT2D eigenvalue weighted by Crippen LogP contribution is -1.98. The summed E-state index contributed by atoms with van der Waals surface area (Å²) in [5.74, 6) is -0.708. The summed E-state index contributed by atoms with van der Waals surface area (Å²) in [6, 6.07) is 6.92. The molecule has 0 aromatic heterocycles. The minimum absolute atomic E-state index is 0.569. The Bertz CT molecular complexity index is 257. The zero-order chi connectivity index (χ0) is 6.69. The molecule has 1 nitrogen and oxygen atoms in total. The maximum Gasteiger partial charge on any atom is 0.214 e. The van der Waals surface area contributed by atoms with Crippen LogP contribution < -0.4 is 5.43 Å². The van der Waals surface area contributed by atoms with Crippen LogP contribution in [0.2, 0.25) is 0 Å². The Morgan fingerprint density at radius 1 is 1.11 bits per heavy atom. The van der Waals surface area contributed by atoms with Crippen LogP contribution in [0.3, 0.4) is 0 Å². The topological polar surface area (TPSA) is 17.1 Å². The fraction of sp³-hybridized carbons (Fsp3) is 0. The second-order valence-electron chi connectivity index (χ2n) is 1.62. The van der Waals surface area contributed by atoms with E-state index < -0.39 is 11.2 Å². The molecule has 0 atom stereocenters. The van der Waals surface area contributed by atoms with Gasteiger partial charge < -0.3 is 0 Å². The van der Waals surface area contributed by atoms with E-state index in [0.717, 1.165) is 6.07 Å². The summed E-state index contributed by atoms with van der Waals surface area (Å²) >= 11 is 0. The number of halogens is 1. The fourth-order valence-corrected chi connectivity index (χ4v) is 0.509. The van der Waals surface area contributed by atoms with Gasteiger partial charge >= 0.3 is 0 Å². The van der Waals surface area contributed by atoms with Gasteiger partial charge in [-0.15, -0.1) is 0 Å². The highest BCUT2D eigenvalue weighted by molar-refractivity contribution is 5.02. The Morgan fingerprint density at radius 2 is 1.78 bits per heavy atom. The van der Waals surface area contributed by atoms with Crippen LogP contribution in [0.5, 0.6) is 0 Å². The quantitative estimate of drug-likeness (QED) is 0.507. The number of hydrogen-bond acceptors (Lipinski definition) is 1. The first-order valence-electron chi connectivity index (χ1n) is 2.55. The molecule has 0 unspecified atom stereocenters. The first kappa shape index (κ1) is 5.95. The molecule has 46 valence electrons. The Balaban J connectivity index is 3.42. The molecule has 0 saturated heterocycles. The number of hydrogen-bond donors (Lipinski definition) is 0. The molecule has 2 heteroatoms. The highest BCUT2D eigenvalue weighted by Crippen LogP contribution is 1.84. The smallest absolute Gasteiger partial charge is 0.214 e. The van der Waals surface area contributed by atoms with Gasteiger partial charge in [0.25, 0.3) is 0 Å². The lowest BCUT2D eigenvalue weighted by molar-refractivity contribution is 0.619. The van der Waals surface area contributed by atoms with E-state index in [2.05, 4.69) is 0 Å². The maximum absolute atomic E-state index is 12.2. The largest absolute Gasteiger partial charge is 0.287 e. The second kappa shape index (κ2) is 2.40. The van der Waals surface area contributed by atoms with Crippen molar-refractivity contribution in [3.63, 3.8) is 0 Å². The third-order valence-corrected chi connectivity index (χ3v) is 0.948. The predicted octanol–water partition coefficient (Wildman–Crippen LogP) is 1.19. The molecule has 1 rings (SSSR count). The number of rotatable bonds is 0. The SMILES string of the molecule is O=c1cccccc1F. The molecule has 0 amide bonds. The van der Waals surface area contributed by atoms with Crippen LogP contribution in [0.25, 0.3) is 0 Å². The van der Waals surface area contributed by atoms with E-state index in [9.17, 15) is 9.18 Å². The van der Waals surface area contributed by atoms with E-state index in [1.54, 1.807) is 6.07 Å². The monoisotopic (exact) mass is 124 g/mol. The highest BCUT2D eigenvalue weighted by Gasteiger charge is 1.87. The van der Waals surface area contributed by atoms with Gasteiger partial charge in [-0.05, 0) is 12.1 Å². The van der Waals surface area contributed by atoms with Gasteiger partial charge in [-0.2, -0.15) is 0 Å². The Hall–Kier alpha value is -1.18. The van der Waals surface area contributed by atoms with E-state index in [0.29, 0.717) is 0 Å². The zero-order valence-electron chi connectivity index (χ0n) is 4.67. The van der Waals surface area contributed by atoms with Crippen molar-refractivity contribution < 1.29 is 4.39 Å². The van der Waals surface area contributed by atoms with E-state index in [-0.39, 0.29) is 0 Å². The van der Waals surface area contributed by atoms with Crippen molar-refractivity contribution in [1.29, 1.82) is 0 Å². The summed E-state index contributed by atoms with van der Waals surface area (Å²) in [6.45, 7) is 0. The van der Waals surface area contributed by atoms with Gasteiger partial charge in [0.15, 0.2) is 5.82 Å². The molecule has 0 heterocycles. The molecule has 0 radical (unpaired) electrons. The molecular formula is C7H5FO. The highest BCUT2D eigenvalue weighted by atomic mass is 19.1. The Morgan fingerprint density at radius 3 is 2.56 bits per heavy atom. The lowest BCUT2D eigenvalue weighted by atomic mass is 10.5. The molecule has 1 aromatic rings. The maximum atomic E-state index is 12.2. The molecule has 9 heavy (non-hydrogen) atoms. The van der Waals surface area contributed by atoms with Gasteiger partial charge in [0.2, 0.25) is 5.43 Å². The fourth-order valence-electron chi connectivity index (χ4n) is 0.509. The van der Waals surface area contributed by atoms with Gasteiger partial charge in [-0.3, -0.25) is 4.79 Å². The standard InChI is InChI=1S/C7H5FO/c8-6-4-2-1-3-5-7(6)9/h1-5H. The van der Waals surface area contributed by atoms with Crippen molar-refractivity contribution in [3.05, 3.63) is 46.4 Å². The summed E-state index contributed by atoms with van der Waals surface area (Å²) in [6.07, 6.45) is 0. The average Bonchev–Trinajstić information content (AvgIpc) is 1.99. The molecular weight excluding hydrogens is 119 g/mol. The van der Waals surface area contributed by atoms with Crippen molar-refractivity contribution in [2.75, 3.05) is 0 Å². The zero-order valence-corrected chi connectivity index (χ0v) is 4.67. The summed E-state index contributed by atoms with van der Waals surface area (Å²) in [5.41, 5.74) is -0.569. The van der Waals surface area contributed by atoms with Crippen LogP contribution in [0.1, 0.15) is 0 Å². The van der Waals surface area contributed by atoms with Crippen LogP contribution >= 0.6 is 0 Å². The molecule has 1 aromatic carbocycles. The molecule has 0 N–H and O–H groups in total. The molecule has 0 bridgehead atoms. The predicted molar refractivity (Wildman–Crippen MR) is 32.7 cm³/mol. The van der Waals surface area contributed by atoms with Gasteiger partial charge in [-0.25, -0.2) is 4.39 Å². The van der Waals surface area contributed by atoms with E-state index in [1.807, 2.05) is 0 Å². The minimum Gasteiger partial charge on any atom is -0.287 e. The molecule has 0 aliphatic rings. The molecule has 0 fully saturated rings. The van der Waals surface area contributed by atoms with E-state index >= 15 is 0 Å². The van der Waals surface area contributed by atoms with Crippen molar-refractivity contribution >= 4 is 0 Å². The van der Waals surface area contributed by atoms with E-state index in [1.165, 1.54) is 18.2 Å². The normalized spacial score (nSPS) is 9.00. The first-order valence-corrected chi connectivity index (χ1v) is 2.55. The van der Waals surface area contributed by atoms with E-state index in [4.69, 9.17) is 0 Å². The van der Waals surface area contributed by atoms with Crippen LogP contribution in [-0.2, 0) is 0 Å². The van der Waals surface area contributed by atoms with Gasteiger partial charge in [0.1, 0.15) is 0 Å². The van der Waals surface area contributed by atoms with Crippen LogP contribution in [-0.4, -0.2) is 0 Å². The summed E-state index contributed by atoms with van der Waals surface area (Å²) in [7, 11) is 0. The molecule has 0 saturated carbocycles. The Kier molecular flexibility index (Phi) is 1.58. The van der Waals surface area contributed by atoms with Gasteiger partial charge in [0, 0.05) is 0 Å². The molecule has 0 aliphatic heterocycles. The average molecular weight is 124 g/mol. The minimum atomic E-state index is -0.708. The summed E-state index contributed by atoms with van der Waals surface area (Å²) in [5, 5.41) is 0. The lowest BCUT2D eigenvalue weighted by Gasteiger charge is -1.69. The molecule has 0 aliphatic carbocycles. The van der Waals surface area contributed by atoms with Crippen LogP contribution in [0, 0.1) is 5.82 Å². The third kappa shape index (κ3) is 1.35.